The van der Waals surface area contributed by atoms with Gasteiger partial charge in [0.05, 0.1) is 10.0 Å². The van der Waals surface area contributed by atoms with E-state index in [0.717, 1.165) is 12.1 Å². The zero-order valence-corrected chi connectivity index (χ0v) is 9.32. The van der Waals surface area contributed by atoms with Crippen molar-refractivity contribution in [3.63, 3.8) is 0 Å². The second-order valence-corrected chi connectivity index (χ2v) is 4.77. The first-order chi connectivity index (χ1) is 6.64. The molecule has 3 nitrogen and oxygen atoms in total. The average molecular weight is 329 g/mol. The van der Waals surface area contributed by atoms with Gasteiger partial charge in [-0.05, 0) is 28.1 Å². The van der Waals surface area contributed by atoms with Crippen molar-refractivity contribution in [3.05, 3.63) is 28.2 Å². The molecule has 0 saturated heterocycles. The summed E-state index contributed by atoms with van der Waals surface area (Å²) in [6.45, 7) is 0. The summed E-state index contributed by atoms with van der Waals surface area (Å²) >= 11 is 2.49. The number of hydrogen-bond acceptors (Lipinski definition) is 2. The molecule has 0 amide bonds. The molecule has 0 aliphatic rings. The van der Waals surface area contributed by atoms with Crippen LogP contribution in [-0.4, -0.2) is 42.5 Å². The monoisotopic (exact) mass is 328 g/mol. The summed E-state index contributed by atoms with van der Waals surface area (Å²) in [6, 6.07) is 2.48. The van der Waals surface area contributed by atoms with E-state index in [0.29, 0.717) is 6.07 Å². The molecule has 0 aliphatic carbocycles. The number of rotatable bonds is 1. The van der Waals surface area contributed by atoms with Crippen molar-refractivity contribution in [2.75, 3.05) is 0 Å². The van der Waals surface area contributed by atoms with Gasteiger partial charge in [0, 0.05) is 0 Å². The number of hydrogen-bond donors (Lipinski definition) is 1. The van der Waals surface area contributed by atoms with E-state index in [2.05, 4.69) is 15.9 Å². The van der Waals surface area contributed by atoms with Crippen molar-refractivity contribution >= 4 is 55.6 Å². The molecule has 1 aromatic rings. The van der Waals surface area contributed by atoms with Gasteiger partial charge in [0.2, 0.25) is 0 Å². The molecule has 0 unspecified atom stereocenters. The third kappa shape index (κ3) is 3.71. The van der Waals surface area contributed by atoms with Crippen LogP contribution in [0.3, 0.4) is 0 Å². The van der Waals surface area contributed by atoms with E-state index in [4.69, 9.17) is 4.55 Å². The zero-order chi connectivity index (χ0) is 11.9. The number of halogens is 4. The zero-order valence-electron chi connectivity index (χ0n) is 6.92. The molecule has 0 atom stereocenters. The molecule has 0 saturated carbocycles. The Hall–Kier alpha value is 0.400. The van der Waals surface area contributed by atoms with Crippen LogP contribution in [-0.2, 0) is 16.3 Å². The van der Waals surface area contributed by atoms with Gasteiger partial charge >= 0.3 is 35.7 Å². The molecule has 1 rings (SSSR count). The van der Waals surface area contributed by atoms with Crippen molar-refractivity contribution in [2.45, 2.75) is 11.1 Å². The Morgan fingerprint density at radius 1 is 1.25 bits per heavy atom. The molecule has 1 N–H and O–H groups in total. The van der Waals surface area contributed by atoms with Crippen molar-refractivity contribution in [3.8, 4) is 0 Å². The molecule has 1 aromatic carbocycles. The van der Waals surface area contributed by atoms with Gasteiger partial charge in [-0.25, -0.2) is 0 Å². The van der Waals surface area contributed by atoms with Crippen LogP contribution in [0, 0.1) is 0 Å². The second-order valence-electron chi connectivity index (χ2n) is 2.59. The van der Waals surface area contributed by atoms with Crippen LogP contribution < -0.4 is 0 Å². The Labute approximate surface area is 120 Å². The molecular formula is C7H5BrF3NaO3S. The molecule has 86 valence electrons. The Morgan fingerprint density at radius 2 is 1.75 bits per heavy atom. The third-order valence-electron chi connectivity index (χ3n) is 1.55. The Balaban J connectivity index is 0.00000225. The van der Waals surface area contributed by atoms with Crippen molar-refractivity contribution < 1.29 is 26.1 Å². The van der Waals surface area contributed by atoms with Crippen LogP contribution in [0.25, 0.3) is 0 Å². The van der Waals surface area contributed by atoms with Crippen LogP contribution in [0.15, 0.2) is 27.6 Å². The van der Waals surface area contributed by atoms with Crippen molar-refractivity contribution in [1.82, 2.24) is 0 Å². The van der Waals surface area contributed by atoms with Gasteiger partial charge in [0.1, 0.15) is 4.90 Å². The molecule has 0 bridgehead atoms. The van der Waals surface area contributed by atoms with E-state index in [9.17, 15) is 21.6 Å². The molecule has 0 fully saturated rings. The average Bonchev–Trinajstić information content (AvgIpc) is 1.99. The predicted octanol–water partition coefficient (Wildman–Crippen LogP) is 2.07. The molecule has 0 aromatic heterocycles. The first-order valence-corrected chi connectivity index (χ1v) is 5.70. The fraction of sp³-hybridized carbons (Fsp3) is 0.143. The van der Waals surface area contributed by atoms with Gasteiger partial charge in [-0.1, -0.05) is 6.07 Å². The first kappa shape index (κ1) is 16.4. The van der Waals surface area contributed by atoms with E-state index in [-0.39, 0.29) is 29.6 Å². The van der Waals surface area contributed by atoms with E-state index < -0.39 is 31.2 Å². The molecule has 9 heteroatoms. The van der Waals surface area contributed by atoms with Gasteiger partial charge in [0.25, 0.3) is 10.1 Å². The summed E-state index contributed by atoms with van der Waals surface area (Å²) < 4.78 is 66.3. The van der Waals surface area contributed by atoms with Crippen molar-refractivity contribution in [1.29, 1.82) is 0 Å². The summed E-state index contributed by atoms with van der Waals surface area (Å²) in [5.74, 6) is 0. The van der Waals surface area contributed by atoms with Gasteiger partial charge in [-0.2, -0.15) is 21.6 Å². The van der Waals surface area contributed by atoms with E-state index >= 15 is 0 Å². The van der Waals surface area contributed by atoms with Gasteiger partial charge in [-0.15, -0.1) is 0 Å². The fourth-order valence-electron chi connectivity index (χ4n) is 0.929. The topological polar surface area (TPSA) is 54.4 Å². The molecule has 0 aliphatic heterocycles. The molecule has 0 spiro atoms. The maximum atomic E-state index is 12.3. The Morgan fingerprint density at radius 3 is 2.12 bits per heavy atom. The quantitative estimate of drug-likeness (QED) is 0.634. The summed E-state index contributed by atoms with van der Waals surface area (Å²) in [6.07, 6.45) is -4.68. The first-order valence-electron chi connectivity index (χ1n) is 3.47. The van der Waals surface area contributed by atoms with Gasteiger partial charge < -0.3 is 0 Å². The van der Waals surface area contributed by atoms with E-state index in [1.54, 1.807) is 0 Å². The Kier molecular flexibility index (Phi) is 5.50. The number of benzene rings is 1. The van der Waals surface area contributed by atoms with Gasteiger partial charge in [0.15, 0.2) is 0 Å². The van der Waals surface area contributed by atoms with E-state index in [1.165, 1.54) is 0 Å². The van der Waals surface area contributed by atoms with Crippen LogP contribution in [0.1, 0.15) is 5.56 Å². The van der Waals surface area contributed by atoms with Crippen LogP contribution in [0.4, 0.5) is 13.2 Å². The summed E-state index contributed by atoms with van der Waals surface area (Å²) in [5, 5.41) is 0. The number of alkyl halides is 3. The summed E-state index contributed by atoms with van der Waals surface area (Å²) in [5.41, 5.74) is -1.15. The second kappa shape index (κ2) is 5.36. The molecule has 0 radical (unpaired) electrons. The Bertz CT molecular complexity index is 486. The fourth-order valence-corrected chi connectivity index (χ4v) is 2.62. The normalized spacial score (nSPS) is 12.1. The summed E-state index contributed by atoms with van der Waals surface area (Å²) in [4.78, 5) is -0.808. The SMILES string of the molecule is O=S(=O)(O)c1cccc(C(F)(F)F)c1Br.[NaH]. The standard InChI is InChI=1S/C7H4BrF3O3S.Na.H/c8-6-4(7(9,10)11)2-1-3-5(6)15(12,13)14;;/h1-3H,(H,12,13,14);;. The maximum absolute atomic E-state index is 12.3. The molecule has 16 heavy (non-hydrogen) atoms. The van der Waals surface area contributed by atoms with E-state index in [1.807, 2.05) is 0 Å². The van der Waals surface area contributed by atoms with Crippen molar-refractivity contribution in [2.24, 2.45) is 0 Å². The third-order valence-corrected chi connectivity index (χ3v) is 3.56. The molecule has 0 heterocycles. The van der Waals surface area contributed by atoms with Crippen LogP contribution >= 0.6 is 15.9 Å². The minimum atomic E-state index is -4.68. The van der Waals surface area contributed by atoms with Crippen LogP contribution in [0.2, 0.25) is 0 Å². The summed E-state index contributed by atoms with van der Waals surface area (Å²) in [7, 11) is -4.66. The minimum absolute atomic E-state index is 0. The molecular weight excluding hydrogens is 324 g/mol. The predicted molar refractivity (Wildman–Crippen MR) is 56.1 cm³/mol. The van der Waals surface area contributed by atoms with Gasteiger partial charge in [-0.3, -0.25) is 4.55 Å². The van der Waals surface area contributed by atoms with Crippen LogP contribution in [0.5, 0.6) is 0 Å².